The zero-order valence-corrected chi connectivity index (χ0v) is 14.2. The molecule has 0 radical (unpaired) electrons. The first kappa shape index (κ1) is 17.2. The minimum Gasteiger partial charge on any atom is -0.368 e. The quantitative estimate of drug-likeness (QED) is 0.775. The van der Waals surface area contributed by atoms with Crippen molar-refractivity contribution >= 4 is 11.8 Å². The highest BCUT2D eigenvalue weighted by Gasteiger charge is 2.27. The summed E-state index contributed by atoms with van der Waals surface area (Å²) in [7, 11) is 0. The summed E-state index contributed by atoms with van der Waals surface area (Å²) in [4.78, 5) is 30.0. The molecule has 2 aromatic rings. The van der Waals surface area contributed by atoms with Crippen LogP contribution in [-0.2, 0) is 22.6 Å². The molecule has 1 saturated heterocycles. The Kier molecular flexibility index (Phi) is 5.47. The third kappa shape index (κ3) is 4.46. The van der Waals surface area contributed by atoms with Gasteiger partial charge in [0.2, 0.25) is 11.8 Å². The van der Waals surface area contributed by atoms with Gasteiger partial charge in [0.1, 0.15) is 12.4 Å². The molecule has 0 aromatic carbocycles. The molecule has 8 heteroatoms. The molecular weight excluding hydrogens is 320 g/mol. The highest BCUT2D eigenvalue weighted by Crippen LogP contribution is 2.26. The van der Waals surface area contributed by atoms with E-state index in [4.69, 9.17) is 5.73 Å². The number of aryl methyl sites for hydroxylation is 1. The Morgan fingerprint density at radius 2 is 2.28 bits per heavy atom. The van der Waals surface area contributed by atoms with Crippen molar-refractivity contribution in [3.8, 4) is 0 Å². The molecular formula is C17H24N6O2. The maximum absolute atomic E-state index is 12.5. The summed E-state index contributed by atoms with van der Waals surface area (Å²) in [6.45, 7) is 1.57. The predicted molar refractivity (Wildman–Crippen MR) is 91.5 cm³/mol. The number of carbonyl (C=O) groups is 2. The first-order valence-corrected chi connectivity index (χ1v) is 8.68. The molecule has 0 bridgehead atoms. The van der Waals surface area contributed by atoms with Gasteiger partial charge in [-0.2, -0.15) is 5.10 Å². The summed E-state index contributed by atoms with van der Waals surface area (Å²) in [6.07, 6.45) is 11.2. The van der Waals surface area contributed by atoms with Gasteiger partial charge in [-0.1, -0.05) is 0 Å². The van der Waals surface area contributed by atoms with Crippen molar-refractivity contribution in [3.05, 3.63) is 36.2 Å². The second kappa shape index (κ2) is 7.96. The van der Waals surface area contributed by atoms with Crippen molar-refractivity contribution in [1.82, 2.24) is 24.6 Å². The Morgan fingerprint density at radius 3 is 3.04 bits per heavy atom. The first-order valence-electron chi connectivity index (χ1n) is 8.68. The van der Waals surface area contributed by atoms with Crippen LogP contribution in [-0.4, -0.2) is 49.6 Å². The van der Waals surface area contributed by atoms with Gasteiger partial charge in [0.25, 0.3) is 0 Å². The lowest BCUT2D eigenvalue weighted by molar-refractivity contribution is -0.132. The van der Waals surface area contributed by atoms with Crippen LogP contribution in [0.4, 0.5) is 0 Å². The molecule has 0 saturated carbocycles. The summed E-state index contributed by atoms with van der Waals surface area (Å²) in [6, 6.07) is 0. The molecule has 3 heterocycles. The minimum absolute atomic E-state index is 0.129. The molecule has 1 atom stereocenters. The SMILES string of the molecule is NC(=O)Cn1ccnc1[C@@H]1CCCN(C(=O)CCCc2cn[nH]c2)C1. The number of rotatable bonds is 7. The van der Waals surface area contributed by atoms with Crippen LogP contribution < -0.4 is 5.73 Å². The number of primary amides is 1. The highest BCUT2D eigenvalue weighted by atomic mass is 16.2. The topological polar surface area (TPSA) is 110 Å². The lowest BCUT2D eigenvalue weighted by Crippen LogP contribution is -2.40. The van der Waals surface area contributed by atoms with E-state index in [2.05, 4.69) is 15.2 Å². The molecule has 134 valence electrons. The molecule has 1 fully saturated rings. The average Bonchev–Trinajstić information content (AvgIpc) is 3.26. The largest absolute Gasteiger partial charge is 0.368 e. The van der Waals surface area contributed by atoms with Gasteiger partial charge in [-0.25, -0.2) is 4.98 Å². The monoisotopic (exact) mass is 344 g/mol. The number of aromatic amines is 1. The van der Waals surface area contributed by atoms with Gasteiger partial charge < -0.3 is 15.2 Å². The number of hydrogen-bond acceptors (Lipinski definition) is 4. The van der Waals surface area contributed by atoms with E-state index in [9.17, 15) is 9.59 Å². The van der Waals surface area contributed by atoms with E-state index < -0.39 is 0 Å². The smallest absolute Gasteiger partial charge is 0.237 e. The fraction of sp³-hybridized carbons (Fsp3) is 0.529. The van der Waals surface area contributed by atoms with E-state index in [-0.39, 0.29) is 24.3 Å². The average molecular weight is 344 g/mol. The van der Waals surface area contributed by atoms with Crippen LogP contribution >= 0.6 is 0 Å². The van der Waals surface area contributed by atoms with Crippen LogP contribution in [0.25, 0.3) is 0 Å². The third-order valence-electron chi connectivity index (χ3n) is 4.62. The van der Waals surface area contributed by atoms with Gasteiger partial charge in [-0.3, -0.25) is 14.7 Å². The number of nitrogens with zero attached hydrogens (tertiary/aromatic N) is 4. The first-order chi connectivity index (χ1) is 12.1. The molecule has 0 unspecified atom stereocenters. The highest BCUT2D eigenvalue weighted by molar-refractivity contribution is 5.76. The molecule has 3 rings (SSSR count). The van der Waals surface area contributed by atoms with Gasteiger partial charge >= 0.3 is 0 Å². The number of aromatic nitrogens is 4. The summed E-state index contributed by atoms with van der Waals surface area (Å²) in [5.41, 5.74) is 6.42. The molecule has 1 aliphatic heterocycles. The zero-order chi connectivity index (χ0) is 17.6. The van der Waals surface area contributed by atoms with Gasteiger partial charge in [-0.05, 0) is 31.2 Å². The number of carbonyl (C=O) groups excluding carboxylic acids is 2. The van der Waals surface area contributed by atoms with E-state index in [1.54, 1.807) is 23.2 Å². The number of imidazole rings is 1. The number of piperidine rings is 1. The van der Waals surface area contributed by atoms with E-state index in [1.165, 1.54) is 0 Å². The lowest BCUT2D eigenvalue weighted by atomic mass is 9.96. The van der Waals surface area contributed by atoms with Crippen LogP contribution in [0.1, 0.15) is 43.0 Å². The molecule has 25 heavy (non-hydrogen) atoms. The minimum atomic E-state index is -0.387. The Morgan fingerprint density at radius 1 is 1.40 bits per heavy atom. The van der Waals surface area contributed by atoms with Crippen molar-refractivity contribution in [2.45, 2.75) is 44.6 Å². The van der Waals surface area contributed by atoms with Crippen molar-refractivity contribution in [1.29, 1.82) is 0 Å². The Labute approximate surface area is 146 Å². The van der Waals surface area contributed by atoms with Crippen LogP contribution in [0.5, 0.6) is 0 Å². The normalized spacial score (nSPS) is 17.6. The summed E-state index contributed by atoms with van der Waals surface area (Å²) in [5, 5.41) is 6.70. The Balaban J connectivity index is 1.54. The van der Waals surface area contributed by atoms with Crippen LogP contribution in [0.2, 0.25) is 0 Å². The van der Waals surface area contributed by atoms with Gasteiger partial charge in [-0.15, -0.1) is 0 Å². The number of H-pyrrole nitrogens is 1. The van der Waals surface area contributed by atoms with Crippen molar-refractivity contribution in [2.75, 3.05) is 13.1 Å². The molecule has 2 aromatic heterocycles. The van der Waals surface area contributed by atoms with Crippen molar-refractivity contribution in [3.63, 3.8) is 0 Å². The maximum atomic E-state index is 12.5. The standard InChI is InChI=1S/C17H24N6O2/c18-15(24)12-23-8-6-19-17(23)14-4-2-7-22(11-14)16(25)5-1-3-13-9-20-21-10-13/h6,8-10,14H,1-5,7,11-12H2,(H2,18,24)(H,20,21)/t14-/m1/s1. The number of amides is 2. The van der Waals surface area contributed by atoms with E-state index in [1.807, 2.05) is 11.1 Å². The summed E-state index contributed by atoms with van der Waals surface area (Å²) >= 11 is 0. The van der Waals surface area contributed by atoms with E-state index in [0.29, 0.717) is 13.0 Å². The van der Waals surface area contributed by atoms with Crippen molar-refractivity contribution in [2.24, 2.45) is 5.73 Å². The summed E-state index contributed by atoms with van der Waals surface area (Å²) in [5.74, 6) is 0.791. The number of hydrogen-bond donors (Lipinski definition) is 2. The Bertz CT molecular complexity index is 709. The van der Waals surface area contributed by atoms with E-state index in [0.717, 1.165) is 43.6 Å². The molecule has 8 nitrogen and oxygen atoms in total. The van der Waals surface area contributed by atoms with Crippen LogP contribution in [0.15, 0.2) is 24.8 Å². The molecule has 2 amide bonds. The molecule has 1 aliphatic rings. The number of likely N-dealkylation sites (tertiary alicyclic amines) is 1. The number of nitrogens with two attached hydrogens (primary N) is 1. The number of nitrogens with one attached hydrogen (secondary N) is 1. The third-order valence-corrected chi connectivity index (χ3v) is 4.62. The predicted octanol–water partition coefficient (Wildman–Crippen LogP) is 0.820. The second-order valence-electron chi connectivity index (χ2n) is 6.52. The summed E-state index contributed by atoms with van der Waals surface area (Å²) < 4.78 is 1.79. The molecule has 0 spiro atoms. The fourth-order valence-electron chi connectivity index (χ4n) is 3.41. The van der Waals surface area contributed by atoms with Gasteiger partial charge in [0.15, 0.2) is 0 Å². The molecule has 0 aliphatic carbocycles. The van der Waals surface area contributed by atoms with Gasteiger partial charge in [0.05, 0.1) is 6.20 Å². The second-order valence-corrected chi connectivity index (χ2v) is 6.52. The lowest BCUT2D eigenvalue weighted by Gasteiger charge is -2.32. The Hall–Kier alpha value is -2.64. The molecule has 3 N–H and O–H groups in total. The maximum Gasteiger partial charge on any atom is 0.237 e. The van der Waals surface area contributed by atoms with Crippen LogP contribution in [0.3, 0.4) is 0 Å². The van der Waals surface area contributed by atoms with E-state index >= 15 is 0 Å². The zero-order valence-electron chi connectivity index (χ0n) is 14.2. The van der Waals surface area contributed by atoms with Crippen molar-refractivity contribution < 1.29 is 9.59 Å². The van der Waals surface area contributed by atoms with Crippen LogP contribution in [0, 0.1) is 0 Å². The fourth-order valence-corrected chi connectivity index (χ4v) is 3.41. The van der Waals surface area contributed by atoms with Gasteiger partial charge in [0, 0.05) is 44.0 Å².